The lowest BCUT2D eigenvalue weighted by molar-refractivity contribution is 0.560. The molecule has 0 heterocycles. The summed E-state index contributed by atoms with van der Waals surface area (Å²) in [6.07, 6.45) is 1.74. The van der Waals surface area contributed by atoms with Crippen LogP contribution in [-0.2, 0) is 0 Å². The molecule has 1 rings (SSSR count). The maximum atomic E-state index is 13.3. The smallest absolute Gasteiger partial charge is 0.129 e. The van der Waals surface area contributed by atoms with Crippen molar-refractivity contribution in [3.8, 4) is 0 Å². The van der Waals surface area contributed by atoms with E-state index in [0.717, 1.165) is 12.8 Å². The summed E-state index contributed by atoms with van der Waals surface area (Å²) in [4.78, 5) is 0. The lowest BCUT2D eigenvalue weighted by Crippen LogP contribution is -2.11. The van der Waals surface area contributed by atoms with Crippen LogP contribution in [0.15, 0.2) is 18.2 Å². The Labute approximate surface area is 94.9 Å². The summed E-state index contributed by atoms with van der Waals surface area (Å²) in [7, 11) is 0. The van der Waals surface area contributed by atoms with Gasteiger partial charge in [0.2, 0.25) is 0 Å². The summed E-state index contributed by atoms with van der Waals surface area (Å²) in [6, 6.07) is 4.39. The zero-order valence-corrected chi connectivity index (χ0v) is 9.54. The molecule has 1 aromatic rings. The highest BCUT2D eigenvalue weighted by Gasteiger charge is 2.10. The summed E-state index contributed by atoms with van der Waals surface area (Å²) < 4.78 is 13.3. The van der Waals surface area contributed by atoms with Crippen LogP contribution in [0.3, 0.4) is 0 Å². The molecule has 0 radical (unpaired) electrons. The predicted molar refractivity (Wildman–Crippen MR) is 60.5 cm³/mol. The van der Waals surface area contributed by atoms with Crippen LogP contribution in [0.5, 0.6) is 0 Å². The minimum Gasteiger partial charge on any atom is -0.324 e. The third-order valence-corrected chi connectivity index (χ3v) is 2.20. The van der Waals surface area contributed by atoms with E-state index in [-0.39, 0.29) is 24.3 Å². The summed E-state index contributed by atoms with van der Waals surface area (Å²) in [5, 5.41) is 0.407. The molecule has 1 nitrogen and oxygen atoms in total. The van der Waals surface area contributed by atoms with Gasteiger partial charge in [0.25, 0.3) is 0 Å². The van der Waals surface area contributed by atoms with E-state index < -0.39 is 0 Å². The van der Waals surface area contributed by atoms with Gasteiger partial charge in [-0.3, -0.25) is 0 Å². The second-order valence-electron chi connectivity index (χ2n) is 3.06. The molecule has 14 heavy (non-hydrogen) atoms. The normalized spacial score (nSPS) is 12.0. The van der Waals surface area contributed by atoms with E-state index in [4.69, 9.17) is 17.3 Å². The van der Waals surface area contributed by atoms with Gasteiger partial charge in [-0.15, -0.1) is 12.4 Å². The van der Waals surface area contributed by atoms with Crippen LogP contribution in [0.4, 0.5) is 4.39 Å². The Morgan fingerprint density at radius 3 is 2.64 bits per heavy atom. The van der Waals surface area contributed by atoms with Gasteiger partial charge in [-0.25, -0.2) is 4.39 Å². The van der Waals surface area contributed by atoms with Gasteiger partial charge in [-0.05, 0) is 18.6 Å². The van der Waals surface area contributed by atoms with Gasteiger partial charge >= 0.3 is 0 Å². The van der Waals surface area contributed by atoms with E-state index in [1.165, 1.54) is 6.07 Å². The van der Waals surface area contributed by atoms with Crippen molar-refractivity contribution < 1.29 is 4.39 Å². The third kappa shape index (κ3) is 3.45. The Kier molecular flexibility index (Phi) is 6.09. The highest BCUT2D eigenvalue weighted by molar-refractivity contribution is 6.30. The van der Waals surface area contributed by atoms with Gasteiger partial charge in [-0.1, -0.05) is 31.0 Å². The van der Waals surface area contributed by atoms with E-state index in [2.05, 4.69) is 0 Å². The average molecular weight is 238 g/mol. The number of nitrogens with two attached hydrogens (primary N) is 1. The van der Waals surface area contributed by atoms with Gasteiger partial charge in [-0.2, -0.15) is 0 Å². The number of halogens is 3. The van der Waals surface area contributed by atoms with Crippen LogP contribution in [0.1, 0.15) is 31.4 Å². The lowest BCUT2D eigenvalue weighted by atomic mass is 10.0. The molecule has 0 fully saturated rings. The molecule has 0 aromatic heterocycles. The summed E-state index contributed by atoms with van der Waals surface area (Å²) >= 11 is 5.62. The van der Waals surface area contributed by atoms with Crippen LogP contribution >= 0.6 is 24.0 Å². The summed E-state index contributed by atoms with van der Waals surface area (Å²) in [5.41, 5.74) is 6.32. The molecular weight excluding hydrogens is 224 g/mol. The topological polar surface area (TPSA) is 26.0 Å². The number of hydrogen-bond donors (Lipinski definition) is 1. The molecular formula is C10H14Cl2FN. The van der Waals surface area contributed by atoms with Crippen molar-refractivity contribution in [2.45, 2.75) is 25.8 Å². The van der Waals surface area contributed by atoms with Crippen molar-refractivity contribution in [1.82, 2.24) is 0 Å². The second kappa shape index (κ2) is 6.23. The molecule has 0 bridgehead atoms. The fraction of sp³-hybridized carbons (Fsp3) is 0.400. The van der Waals surface area contributed by atoms with E-state index in [1.54, 1.807) is 12.1 Å². The molecule has 1 atom stereocenters. The predicted octanol–water partition coefficient (Wildman–Crippen LogP) is 3.70. The Morgan fingerprint density at radius 1 is 1.50 bits per heavy atom. The molecule has 0 amide bonds. The molecule has 4 heteroatoms. The monoisotopic (exact) mass is 237 g/mol. The molecule has 0 aliphatic rings. The Hall–Kier alpha value is -0.310. The first-order valence-electron chi connectivity index (χ1n) is 4.35. The van der Waals surface area contributed by atoms with Gasteiger partial charge < -0.3 is 5.73 Å². The average Bonchev–Trinajstić information content (AvgIpc) is 2.04. The quantitative estimate of drug-likeness (QED) is 0.853. The van der Waals surface area contributed by atoms with Crippen LogP contribution in [-0.4, -0.2) is 0 Å². The molecule has 0 aliphatic carbocycles. The third-order valence-electron chi connectivity index (χ3n) is 1.96. The second-order valence-corrected chi connectivity index (χ2v) is 3.50. The molecule has 0 saturated carbocycles. The fourth-order valence-corrected chi connectivity index (χ4v) is 1.43. The highest BCUT2D eigenvalue weighted by atomic mass is 35.5. The summed E-state index contributed by atoms with van der Waals surface area (Å²) in [6.45, 7) is 2.02. The standard InChI is InChI=1S/C10H13ClFN.ClH/c1-2-3-10(13)8-5-4-7(11)6-9(8)12;/h4-6,10H,2-3,13H2,1H3;1H/t10-;/m1./s1. The first-order valence-corrected chi connectivity index (χ1v) is 4.73. The molecule has 0 spiro atoms. The molecule has 0 aliphatic heterocycles. The van der Waals surface area contributed by atoms with Crippen molar-refractivity contribution in [3.05, 3.63) is 34.6 Å². The van der Waals surface area contributed by atoms with Gasteiger partial charge in [0.15, 0.2) is 0 Å². The number of hydrogen-bond acceptors (Lipinski definition) is 1. The number of rotatable bonds is 3. The molecule has 0 saturated heterocycles. The van der Waals surface area contributed by atoms with Crippen LogP contribution in [0.2, 0.25) is 5.02 Å². The maximum Gasteiger partial charge on any atom is 0.129 e. The molecule has 2 N–H and O–H groups in total. The van der Waals surface area contributed by atoms with Crippen molar-refractivity contribution in [2.24, 2.45) is 5.73 Å². The first kappa shape index (κ1) is 13.7. The van der Waals surface area contributed by atoms with Crippen molar-refractivity contribution in [2.75, 3.05) is 0 Å². The fourth-order valence-electron chi connectivity index (χ4n) is 1.27. The van der Waals surface area contributed by atoms with Crippen molar-refractivity contribution >= 4 is 24.0 Å². The largest absolute Gasteiger partial charge is 0.324 e. The van der Waals surface area contributed by atoms with Crippen molar-refractivity contribution in [1.29, 1.82) is 0 Å². The van der Waals surface area contributed by atoms with Crippen LogP contribution in [0, 0.1) is 5.82 Å². The number of benzene rings is 1. The van der Waals surface area contributed by atoms with Crippen molar-refractivity contribution in [3.63, 3.8) is 0 Å². The van der Waals surface area contributed by atoms with Gasteiger partial charge in [0, 0.05) is 16.6 Å². The van der Waals surface area contributed by atoms with Crippen LogP contribution in [0.25, 0.3) is 0 Å². The zero-order chi connectivity index (χ0) is 9.84. The minimum atomic E-state index is -0.312. The van der Waals surface area contributed by atoms with Crippen LogP contribution < -0.4 is 5.73 Å². The Bertz CT molecular complexity index is 291. The van der Waals surface area contributed by atoms with E-state index in [9.17, 15) is 4.39 Å². The molecule has 1 aromatic carbocycles. The molecule has 0 unspecified atom stereocenters. The zero-order valence-electron chi connectivity index (χ0n) is 7.97. The highest BCUT2D eigenvalue weighted by Crippen LogP contribution is 2.21. The Balaban J connectivity index is 0.00000169. The van der Waals surface area contributed by atoms with E-state index in [0.29, 0.717) is 10.6 Å². The maximum absolute atomic E-state index is 13.3. The van der Waals surface area contributed by atoms with Gasteiger partial charge in [0.05, 0.1) is 0 Å². The SMILES string of the molecule is CCC[C@@H](N)c1ccc(Cl)cc1F.Cl. The van der Waals surface area contributed by atoms with E-state index in [1.807, 2.05) is 6.92 Å². The summed E-state index contributed by atoms with van der Waals surface area (Å²) in [5.74, 6) is -0.312. The minimum absolute atomic E-state index is 0. The first-order chi connectivity index (χ1) is 6.15. The lowest BCUT2D eigenvalue weighted by Gasteiger charge is -2.11. The van der Waals surface area contributed by atoms with Gasteiger partial charge in [0.1, 0.15) is 5.82 Å². The Morgan fingerprint density at radius 2 is 2.14 bits per heavy atom. The van der Waals surface area contributed by atoms with E-state index >= 15 is 0 Å². The molecule has 80 valence electrons.